The molecule has 27 heavy (non-hydrogen) atoms. The maximum absolute atomic E-state index is 11.2. The molecule has 3 rings (SSSR count). The van der Waals surface area contributed by atoms with Crippen LogP contribution in [0.25, 0.3) is 0 Å². The molecule has 0 saturated heterocycles. The van der Waals surface area contributed by atoms with Crippen molar-refractivity contribution in [2.24, 2.45) is 4.99 Å². The SMILES string of the molecule is CC(C)(C)c1cc(C=Nc2ccc(S(=O)(=O)O)cc2)c2c(c1)C(C)(C)CC2. The molecule has 0 atom stereocenters. The second-order valence-electron chi connectivity index (χ2n) is 8.95. The Morgan fingerprint density at radius 3 is 2.30 bits per heavy atom. The Morgan fingerprint density at radius 1 is 1.11 bits per heavy atom. The van der Waals surface area contributed by atoms with Gasteiger partial charge in [-0.25, -0.2) is 0 Å². The molecule has 0 radical (unpaired) electrons. The molecular weight excluding hydrogens is 358 g/mol. The van der Waals surface area contributed by atoms with Crippen LogP contribution in [0.4, 0.5) is 5.69 Å². The number of nitrogens with zero attached hydrogens (tertiary/aromatic N) is 1. The Hall–Kier alpha value is -1.98. The molecule has 0 unspecified atom stereocenters. The molecule has 2 aromatic rings. The Balaban J connectivity index is 2.02. The van der Waals surface area contributed by atoms with Crippen LogP contribution >= 0.6 is 0 Å². The van der Waals surface area contributed by atoms with Gasteiger partial charge in [0.2, 0.25) is 0 Å². The zero-order valence-corrected chi connectivity index (χ0v) is 17.4. The minimum absolute atomic E-state index is 0.0490. The van der Waals surface area contributed by atoms with Gasteiger partial charge in [-0.3, -0.25) is 9.55 Å². The zero-order chi connectivity index (χ0) is 20.0. The normalized spacial score (nSPS) is 16.7. The summed E-state index contributed by atoms with van der Waals surface area (Å²) in [5.41, 5.74) is 6.03. The number of benzene rings is 2. The Labute approximate surface area is 162 Å². The summed E-state index contributed by atoms with van der Waals surface area (Å²) in [6, 6.07) is 10.5. The molecule has 1 N–H and O–H groups in total. The molecule has 4 nitrogen and oxygen atoms in total. The van der Waals surface area contributed by atoms with Crippen LogP contribution in [0.15, 0.2) is 46.3 Å². The van der Waals surface area contributed by atoms with Crippen molar-refractivity contribution in [1.82, 2.24) is 0 Å². The second-order valence-corrected chi connectivity index (χ2v) is 10.4. The average Bonchev–Trinajstić information content (AvgIpc) is 2.87. The van der Waals surface area contributed by atoms with E-state index in [0.29, 0.717) is 5.69 Å². The quantitative estimate of drug-likeness (QED) is 0.583. The third kappa shape index (κ3) is 4.14. The molecule has 0 spiro atoms. The van der Waals surface area contributed by atoms with Crippen molar-refractivity contribution in [2.75, 3.05) is 0 Å². The van der Waals surface area contributed by atoms with Crippen LogP contribution in [0.1, 0.15) is 63.3 Å². The van der Waals surface area contributed by atoms with Crippen LogP contribution in [-0.4, -0.2) is 19.2 Å². The van der Waals surface area contributed by atoms with Gasteiger partial charge in [0.15, 0.2) is 0 Å². The zero-order valence-electron chi connectivity index (χ0n) is 16.6. The van der Waals surface area contributed by atoms with Gasteiger partial charge in [-0.2, -0.15) is 8.42 Å². The van der Waals surface area contributed by atoms with Crippen molar-refractivity contribution < 1.29 is 13.0 Å². The summed E-state index contributed by atoms with van der Waals surface area (Å²) in [7, 11) is -4.18. The van der Waals surface area contributed by atoms with E-state index in [1.807, 2.05) is 6.21 Å². The first kappa shape index (κ1) is 19.8. The van der Waals surface area contributed by atoms with Gasteiger partial charge in [-0.05, 0) is 76.3 Å². The Bertz CT molecular complexity index is 995. The van der Waals surface area contributed by atoms with Crippen LogP contribution in [0.5, 0.6) is 0 Å². The Morgan fingerprint density at radius 2 is 1.74 bits per heavy atom. The molecule has 0 bridgehead atoms. The largest absolute Gasteiger partial charge is 0.294 e. The molecule has 0 fully saturated rings. The molecular formula is C22H27NO3S. The molecule has 0 saturated carbocycles. The first-order valence-corrected chi connectivity index (χ1v) is 10.6. The molecule has 0 heterocycles. The number of hydrogen-bond donors (Lipinski definition) is 1. The minimum atomic E-state index is -4.18. The summed E-state index contributed by atoms with van der Waals surface area (Å²) in [6.45, 7) is 11.2. The predicted octanol–water partition coefficient (Wildman–Crippen LogP) is 5.21. The second kappa shape index (κ2) is 6.57. The van der Waals surface area contributed by atoms with Crippen LogP contribution in [0.3, 0.4) is 0 Å². The highest BCUT2D eigenvalue weighted by molar-refractivity contribution is 7.85. The lowest BCUT2D eigenvalue weighted by molar-refractivity contribution is 0.483. The first-order chi connectivity index (χ1) is 12.4. The van der Waals surface area contributed by atoms with Gasteiger partial charge >= 0.3 is 0 Å². The highest BCUT2D eigenvalue weighted by Gasteiger charge is 2.32. The third-order valence-corrected chi connectivity index (χ3v) is 6.23. The first-order valence-electron chi connectivity index (χ1n) is 9.17. The van der Waals surface area contributed by atoms with Gasteiger partial charge in [0.05, 0.1) is 10.6 Å². The molecule has 144 valence electrons. The van der Waals surface area contributed by atoms with E-state index in [9.17, 15) is 8.42 Å². The standard InChI is InChI=1S/C22H27NO3S/c1-21(2,3)16-12-15(19-10-11-22(4,5)20(19)13-16)14-23-17-6-8-18(9-7-17)27(24,25)26/h6-9,12-14H,10-11H2,1-5H3,(H,24,25,26). The number of aliphatic imine (C=N–C) groups is 1. The Kier molecular flexibility index (Phi) is 4.81. The minimum Gasteiger partial charge on any atom is -0.282 e. The van der Waals surface area contributed by atoms with Gasteiger partial charge in [-0.15, -0.1) is 0 Å². The fourth-order valence-corrected chi connectivity index (χ4v) is 4.03. The van der Waals surface area contributed by atoms with E-state index < -0.39 is 10.1 Å². The monoisotopic (exact) mass is 385 g/mol. The third-order valence-electron chi connectivity index (χ3n) is 5.37. The van der Waals surface area contributed by atoms with Gasteiger partial charge in [0.25, 0.3) is 10.1 Å². The van der Waals surface area contributed by atoms with Crippen LogP contribution < -0.4 is 0 Å². The van der Waals surface area contributed by atoms with Crippen molar-refractivity contribution in [2.45, 2.75) is 63.2 Å². The van der Waals surface area contributed by atoms with Crippen molar-refractivity contribution in [3.05, 3.63) is 58.7 Å². The lowest BCUT2D eigenvalue weighted by Gasteiger charge is -2.25. The summed E-state index contributed by atoms with van der Waals surface area (Å²) in [5.74, 6) is 0. The predicted molar refractivity (Wildman–Crippen MR) is 110 cm³/mol. The van der Waals surface area contributed by atoms with E-state index in [1.54, 1.807) is 12.1 Å². The lowest BCUT2D eigenvalue weighted by Crippen LogP contribution is -2.17. The maximum atomic E-state index is 11.2. The van der Waals surface area contributed by atoms with Gasteiger partial charge in [0, 0.05) is 6.21 Å². The molecule has 0 amide bonds. The summed E-state index contributed by atoms with van der Waals surface area (Å²) in [4.78, 5) is 4.42. The lowest BCUT2D eigenvalue weighted by atomic mass is 9.79. The average molecular weight is 386 g/mol. The van der Waals surface area contributed by atoms with Crippen molar-refractivity contribution in [3.63, 3.8) is 0 Å². The van der Waals surface area contributed by atoms with Crippen LogP contribution in [-0.2, 0) is 27.4 Å². The molecule has 1 aliphatic rings. The van der Waals surface area contributed by atoms with E-state index in [4.69, 9.17) is 4.55 Å². The van der Waals surface area contributed by atoms with Crippen molar-refractivity contribution in [1.29, 1.82) is 0 Å². The van der Waals surface area contributed by atoms with Crippen LogP contribution in [0, 0.1) is 0 Å². The van der Waals surface area contributed by atoms with Gasteiger partial charge in [-0.1, -0.05) is 40.7 Å². The van der Waals surface area contributed by atoms with E-state index in [0.717, 1.165) is 18.4 Å². The molecule has 1 aliphatic carbocycles. The summed E-state index contributed by atoms with van der Waals surface area (Å²) < 4.78 is 31.4. The topological polar surface area (TPSA) is 66.7 Å². The number of rotatable bonds is 3. The van der Waals surface area contributed by atoms with Gasteiger partial charge in [0.1, 0.15) is 0 Å². The maximum Gasteiger partial charge on any atom is 0.294 e. The van der Waals surface area contributed by atoms with Crippen molar-refractivity contribution >= 4 is 22.0 Å². The number of hydrogen-bond acceptors (Lipinski definition) is 3. The van der Waals surface area contributed by atoms with E-state index >= 15 is 0 Å². The highest BCUT2D eigenvalue weighted by Crippen LogP contribution is 2.42. The molecule has 2 aromatic carbocycles. The van der Waals surface area contributed by atoms with E-state index in [1.165, 1.54) is 28.8 Å². The smallest absolute Gasteiger partial charge is 0.282 e. The summed E-state index contributed by atoms with van der Waals surface area (Å²) in [5, 5.41) is 0. The molecule has 0 aliphatic heterocycles. The van der Waals surface area contributed by atoms with Crippen LogP contribution in [0.2, 0.25) is 0 Å². The summed E-state index contributed by atoms with van der Waals surface area (Å²) in [6.07, 6.45) is 4.04. The number of fused-ring (bicyclic) bond motifs is 1. The van der Waals surface area contributed by atoms with Crippen molar-refractivity contribution in [3.8, 4) is 0 Å². The molecule has 5 heteroatoms. The van der Waals surface area contributed by atoms with E-state index in [-0.39, 0.29) is 15.7 Å². The molecule has 0 aromatic heterocycles. The highest BCUT2D eigenvalue weighted by atomic mass is 32.2. The van der Waals surface area contributed by atoms with E-state index in [2.05, 4.69) is 51.7 Å². The summed E-state index contributed by atoms with van der Waals surface area (Å²) >= 11 is 0. The fraction of sp³-hybridized carbons (Fsp3) is 0.409. The van der Waals surface area contributed by atoms with Gasteiger partial charge < -0.3 is 0 Å². The fourth-order valence-electron chi connectivity index (χ4n) is 3.55.